The number of benzene rings is 1. The molecule has 15 heavy (non-hydrogen) atoms. The molecule has 0 aromatic heterocycles. The average molecular weight is 336 g/mol. The summed E-state index contributed by atoms with van der Waals surface area (Å²) >= 11 is 6.78. The molecule has 0 saturated heterocycles. The van der Waals surface area contributed by atoms with Crippen molar-refractivity contribution in [2.24, 2.45) is 0 Å². The number of hydrogen-bond acceptors (Lipinski definition) is 3. The molecule has 0 unspecified atom stereocenters. The van der Waals surface area contributed by atoms with E-state index < -0.39 is 5.97 Å². The van der Waals surface area contributed by atoms with Crippen molar-refractivity contribution in [3.8, 4) is 0 Å². The molecule has 0 fully saturated rings. The summed E-state index contributed by atoms with van der Waals surface area (Å²) in [6.07, 6.45) is 0. The second kappa shape index (κ2) is 4.11. The zero-order valence-corrected chi connectivity index (χ0v) is 10.8. The first-order chi connectivity index (χ1) is 7.08. The monoisotopic (exact) mass is 334 g/mol. The number of aromatic carboxylic acids is 1. The van der Waals surface area contributed by atoms with Crippen molar-refractivity contribution in [3.05, 3.63) is 29.3 Å². The van der Waals surface area contributed by atoms with Crippen LogP contribution in [0.25, 0.3) is 0 Å². The van der Waals surface area contributed by atoms with Gasteiger partial charge in [0.05, 0.1) is 34.1 Å². The van der Waals surface area contributed by atoms with Gasteiger partial charge in [-0.2, -0.15) is 0 Å². The summed E-state index contributed by atoms with van der Waals surface area (Å²) in [5.41, 5.74) is 2.31. The van der Waals surface area contributed by atoms with Gasteiger partial charge in [0.2, 0.25) is 0 Å². The highest BCUT2D eigenvalue weighted by Gasteiger charge is 2.20. The third-order valence-electron chi connectivity index (χ3n) is 2.21. The summed E-state index contributed by atoms with van der Waals surface area (Å²) in [4.78, 5) is 10.8. The Morgan fingerprint density at radius 1 is 1.40 bits per heavy atom. The van der Waals surface area contributed by atoms with Gasteiger partial charge in [0.25, 0.3) is 0 Å². The second-order valence-corrected chi connectivity index (χ2v) is 5.13. The maximum atomic E-state index is 10.8. The molecule has 80 valence electrons. The molecule has 0 bridgehead atoms. The van der Waals surface area contributed by atoms with Crippen molar-refractivity contribution < 1.29 is 9.90 Å². The molecule has 1 aromatic rings. The van der Waals surface area contributed by atoms with Crippen LogP contribution in [0.5, 0.6) is 0 Å². The van der Waals surface area contributed by atoms with Crippen molar-refractivity contribution in [2.75, 3.05) is 10.6 Å². The van der Waals surface area contributed by atoms with Gasteiger partial charge in [-0.3, -0.25) is 3.93 Å². The first-order valence-corrected chi connectivity index (χ1v) is 5.70. The number of hydrogen-bond donors (Lipinski definition) is 1. The van der Waals surface area contributed by atoms with Crippen LogP contribution < -0.4 is 3.93 Å². The molecule has 1 aliphatic rings. The fourth-order valence-electron chi connectivity index (χ4n) is 1.53. The van der Waals surface area contributed by atoms with Gasteiger partial charge in [-0.15, -0.1) is 0 Å². The molecule has 1 N–H and O–H groups in total. The lowest BCUT2D eigenvalue weighted by Gasteiger charge is -2.30. The van der Waals surface area contributed by atoms with Gasteiger partial charge in [-0.05, 0) is 23.8 Å². The van der Waals surface area contributed by atoms with Crippen LogP contribution >= 0.6 is 32.3 Å². The molecule has 0 saturated carbocycles. The molecule has 0 atom stereocenters. The zero-order chi connectivity index (χ0) is 11.0. The lowest BCUT2D eigenvalue weighted by atomic mass is 10.1. The molecule has 2 rings (SSSR count). The third kappa shape index (κ3) is 2.16. The Bertz CT molecular complexity index is 411. The van der Waals surface area contributed by atoms with E-state index in [0.717, 1.165) is 11.3 Å². The van der Waals surface area contributed by atoms with E-state index in [9.17, 15) is 4.79 Å². The van der Waals surface area contributed by atoms with Gasteiger partial charge in [0.15, 0.2) is 0 Å². The largest absolute Gasteiger partial charge is 0.478 e. The highest BCUT2D eigenvalue weighted by molar-refractivity contribution is 9.10. The number of carboxylic acid groups (broad SMARTS) is 1. The summed E-state index contributed by atoms with van der Waals surface area (Å²) in [5, 5.41) is 8.87. The van der Waals surface area contributed by atoms with Crippen LogP contribution in [0.2, 0.25) is 0 Å². The molecule has 1 aliphatic heterocycles. The van der Waals surface area contributed by atoms with Crippen LogP contribution in [0.3, 0.4) is 0 Å². The van der Waals surface area contributed by atoms with Crippen molar-refractivity contribution in [2.45, 2.75) is 6.54 Å². The predicted octanol–water partition coefficient (Wildman–Crippen LogP) is 2.58. The highest BCUT2D eigenvalue weighted by Crippen LogP contribution is 2.31. The number of carboxylic acids is 1. The lowest BCUT2D eigenvalue weighted by molar-refractivity contribution is 0.0696. The minimum absolute atomic E-state index is 0.317. The Morgan fingerprint density at radius 3 is 2.80 bits per heavy atom. The van der Waals surface area contributed by atoms with Gasteiger partial charge >= 0.3 is 5.97 Å². The van der Waals surface area contributed by atoms with Crippen LogP contribution in [-0.2, 0) is 6.54 Å². The maximum Gasteiger partial charge on any atom is 0.335 e. The van der Waals surface area contributed by atoms with Crippen molar-refractivity contribution in [1.82, 2.24) is 3.93 Å². The van der Waals surface area contributed by atoms with E-state index in [4.69, 9.17) is 5.11 Å². The highest BCUT2D eigenvalue weighted by atomic mass is 79.9. The van der Waals surface area contributed by atoms with Crippen molar-refractivity contribution in [3.63, 3.8) is 0 Å². The minimum atomic E-state index is -0.898. The summed E-state index contributed by atoms with van der Waals surface area (Å²) < 4.78 is 3.79. The fourth-order valence-corrected chi connectivity index (χ4v) is 2.94. The number of halogens is 2. The number of nitrogens with zero attached hydrogens (tertiary/aromatic N) is 2. The summed E-state index contributed by atoms with van der Waals surface area (Å²) in [5.74, 6) is -0.898. The first kappa shape index (κ1) is 10.9. The predicted molar refractivity (Wildman–Crippen MR) is 64.1 cm³/mol. The molecule has 0 aliphatic carbocycles. The summed E-state index contributed by atoms with van der Waals surface area (Å²) in [7, 11) is 0. The number of anilines is 1. The van der Waals surface area contributed by atoms with Gasteiger partial charge in [0.1, 0.15) is 0 Å². The van der Waals surface area contributed by atoms with Gasteiger partial charge in [0, 0.05) is 22.7 Å². The van der Waals surface area contributed by atoms with Gasteiger partial charge in [-0.25, -0.2) is 8.72 Å². The topological polar surface area (TPSA) is 43.8 Å². The number of rotatable bonds is 1. The molecular formula is C9H8Br2N2O2. The molecule has 1 aromatic carbocycles. The second-order valence-electron chi connectivity index (χ2n) is 3.27. The molecule has 0 radical (unpaired) electrons. The normalized spacial score (nSPS) is 16.3. The zero-order valence-electron chi connectivity index (χ0n) is 7.65. The third-order valence-corrected chi connectivity index (χ3v) is 3.29. The van der Waals surface area contributed by atoms with Crippen molar-refractivity contribution >= 4 is 44.0 Å². The van der Waals surface area contributed by atoms with E-state index in [1.807, 2.05) is 13.9 Å². The molecule has 6 heteroatoms. The van der Waals surface area contributed by atoms with E-state index in [1.54, 1.807) is 12.1 Å². The van der Waals surface area contributed by atoms with E-state index in [-0.39, 0.29) is 0 Å². The van der Waals surface area contributed by atoms with Crippen LogP contribution in [0, 0.1) is 0 Å². The van der Waals surface area contributed by atoms with E-state index in [0.29, 0.717) is 18.8 Å². The van der Waals surface area contributed by atoms with E-state index in [1.165, 1.54) is 0 Å². The van der Waals surface area contributed by atoms with Crippen LogP contribution in [-0.4, -0.2) is 21.7 Å². The standard InChI is InChI=1S/C9H8Br2N2O2/c10-12-4-7-3-6(9(14)15)1-2-8(7)13(11)5-12/h1-3H,4-5H2,(H,14,15). The molecule has 0 spiro atoms. The molecule has 0 amide bonds. The SMILES string of the molecule is O=C(O)c1ccc2c(c1)CN(Br)CN2Br. The van der Waals surface area contributed by atoms with Gasteiger partial charge < -0.3 is 5.11 Å². The Balaban J connectivity index is 2.43. The molecule has 4 nitrogen and oxygen atoms in total. The molecular weight excluding hydrogens is 328 g/mol. The Labute approximate surface area is 104 Å². The van der Waals surface area contributed by atoms with Crippen LogP contribution in [0.15, 0.2) is 18.2 Å². The van der Waals surface area contributed by atoms with E-state index in [2.05, 4.69) is 32.3 Å². The number of carbonyl (C=O) groups is 1. The Kier molecular flexibility index (Phi) is 2.99. The lowest BCUT2D eigenvalue weighted by Crippen LogP contribution is -2.30. The minimum Gasteiger partial charge on any atom is -0.478 e. The Hall–Kier alpha value is -0.590. The average Bonchev–Trinajstić information content (AvgIpc) is 2.16. The smallest absolute Gasteiger partial charge is 0.335 e. The first-order valence-electron chi connectivity index (χ1n) is 4.28. The fraction of sp³-hybridized carbons (Fsp3) is 0.222. The van der Waals surface area contributed by atoms with Gasteiger partial charge in [-0.1, -0.05) is 0 Å². The Morgan fingerprint density at radius 2 is 2.13 bits per heavy atom. The summed E-state index contributed by atoms with van der Waals surface area (Å²) in [6.45, 7) is 1.40. The number of fused-ring (bicyclic) bond motifs is 1. The molecule has 1 heterocycles. The van der Waals surface area contributed by atoms with Crippen LogP contribution in [0.1, 0.15) is 15.9 Å². The van der Waals surface area contributed by atoms with E-state index >= 15 is 0 Å². The summed E-state index contributed by atoms with van der Waals surface area (Å²) in [6, 6.07) is 5.12. The maximum absolute atomic E-state index is 10.8. The van der Waals surface area contributed by atoms with Crippen LogP contribution in [0.4, 0.5) is 5.69 Å². The van der Waals surface area contributed by atoms with Crippen molar-refractivity contribution in [1.29, 1.82) is 0 Å². The quantitative estimate of drug-likeness (QED) is 0.801.